The normalized spacial score (nSPS) is 17.0. The average molecular weight is 362 g/mol. The first kappa shape index (κ1) is 18.1. The van der Waals surface area contributed by atoms with Gasteiger partial charge < -0.3 is 9.47 Å². The number of thiazole rings is 1. The highest BCUT2D eigenvalue weighted by atomic mass is 32.2. The van der Waals surface area contributed by atoms with E-state index in [4.69, 9.17) is 0 Å². The molecular formula is C13H22N4O4S2. The third-order valence-corrected chi connectivity index (χ3v) is 6.73. The van der Waals surface area contributed by atoms with Crippen LogP contribution in [0, 0.1) is 6.92 Å². The summed E-state index contributed by atoms with van der Waals surface area (Å²) in [5, 5.41) is 1.78. The maximum absolute atomic E-state index is 12.2. The van der Waals surface area contributed by atoms with E-state index in [1.54, 1.807) is 14.8 Å². The molecule has 0 aromatic carbocycles. The van der Waals surface area contributed by atoms with Gasteiger partial charge in [0.1, 0.15) is 0 Å². The Hall–Kier alpha value is -1.23. The summed E-state index contributed by atoms with van der Waals surface area (Å²) in [7, 11) is -0.436. The van der Waals surface area contributed by atoms with Crippen molar-refractivity contribution in [2.24, 2.45) is 0 Å². The van der Waals surface area contributed by atoms with Crippen molar-refractivity contribution in [3.63, 3.8) is 0 Å². The molecule has 0 saturated carbocycles. The van der Waals surface area contributed by atoms with Crippen molar-refractivity contribution in [3.8, 4) is 0 Å². The highest BCUT2D eigenvalue weighted by Gasteiger charge is 2.30. The van der Waals surface area contributed by atoms with Gasteiger partial charge in [-0.25, -0.2) is 0 Å². The molecule has 10 heteroatoms. The molecule has 23 heavy (non-hydrogen) atoms. The quantitative estimate of drug-likeness (QED) is 0.711. The maximum atomic E-state index is 12.2. The molecule has 1 aromatic rings. The van der Waals surface area contributed by atoms with Gasteiger partial charge in [-0.3, -0.25) is 9.59 Å². The number of hydrogen-bond acceptors (Lipinski definition) is 5. The van der Waals surface area contributed by atoms with Crippen LogP contribution in [-0.2, 0) is 21.5 Å². The van der Waals surface area contributed by atoms with Gasteiger partial charge in [-0.05, 0) is 6.92 Å². The number of hydrogen-bond donors (Lipinski definition) is 0. The second-order valence-corrected chi connectivity index (χ2v) is 8.58. The highest BCUT2D eigenvalue weighted by Crippen LogP contribution is 2.11. The summed E-state index contributed by atoms with van der Waals surface area (Å²) in [6, 6.07) is 0. The van der Waals surface area contributed by atoms with Gasteiger partial charge in [0, 0.05) is 64.3 Å². The number of carbonyl (C=O) groups excluding carboxylic acids is 1. The number of aromatic nitrogens is 1. The van der Waals surface area contributed by atoms with Crippen LogP contribution in [0.1, 0.15) is 12.1 Å². The number of piperazine rings is 1. The summed E-state index contributed by atoms with van der Waals surface area (Å²) in [4.78, 5) is 25.5. The fraction of sp³-hybridized carbons (Fsp3) is 0.692. The molecular weight excluding hydrogens is 340 g/mol. The second-order valence-electron chi connectivity index (χ2n) is 5.61. The molecule has 0 aliphatic carbocycles. The zero-order chi connectivity index (χ0) is 17.2. The van der Waals surface area contributed by atoms with Gasteiger partial charge in [-0.2, -0.15) is 17.0 Å². The summed E-state index contributed by atoms with van der Waals surface area (Å²) in [5.74, 6) is -0.0515. The predicted octanol–water partition coefficient (Wildman–Crippen LogP) is -0.441. The van der Waals surface area contributed by atoms with E-state index in [1.807, 2.05) is 6.92 Å². The van der Waals surface area contributed by atoms with Crippen LogP contribution < -0.4 is 4.87 Å². The summed E-state index contributed by atoms with van der Waals surface area (Å²) < 4.78 is 28.2. The minimum atomic E-state index is -3.42. The lowest BCUT2D eigenvalue weighted by Crippen LogP contribution is -2.53. The molecule has 1 aromatic heterocycles. The van der Waals surface area contributed by atoms with Crippen molar-refractivity contribution in [2.75, 3.05) is 40.3 Å². The molecule has 0 radical (unpaired) electrons. The lowest BCUT2D eigenvalue weighted by atomic mass is 10.3. The smallest absolute Gasteiger partial charge is 0.307 e. The molecule has 0 spiro atoms. The molecule has 8 nitrogen and oxygen atoms in total. The lowest BCUT2D eigenvalue weighted by Gasteiger charge is -2.35. The average Bonchev–Trinajstić information content (AvgIpc) is 2.83. The number of aryl methyl sites for hydroxylation is 1. The van der Waals surface area contributed by atoms with Crippen LogP contribution >= 0.6 is 11.3 Å². The Morgan fingerprint density at radius 1 is 1.26 bits per heavy atom. The molecule has 130 valence electrons. The van der Waals surface area contributed by atoms with Crippen LogP contribution in [0.5, 0.6) is 0 Å². The van der Waals surface area contributed by atoms with Gasteiger partial charge in [0.2, 0.25) is 5.91 Å². The van der Waals surface area contributed by atoms with Gasteiger partial charge in [0.05, 0.1) is 0 Å². The zero-order valence-corrected chi connectivity index (χ0v) is 15.2. The van der Waals surface area contributed by atoms with Gasteiger partial charge in [-0.15, -0.1) is 0 Å². The number of rotatable bonds is 5. The molecule has 1 amide bonds. The molecule has 1 aliphatic rings. The Morgan fingerprint density at radius 3 is 2.35 bits per heavy atom. The molecule has 2 rings (SSSR count). The fourth-order valence-electron chi connectivity index (χ4n) is 2.44. The third-order valence-electron chi connectivity index (χ3n) is 3.90. The standard InChI is InChI=1S/C13H22N4O4S2/c1-11-10-22-13(19)17(11)5-4-12(18)15-6-8-16(9-7-15)23(20,21)14(2)3/h10H,4-9H2,1-3H3. The van der Waals surface area contributed by atoms with Crippen LogP contribution in [0.2, 0.25) is 0 Å². The van der Waals surface area contributed by atoms with Crippen LogP contribution in [-0.4, -0.2) is 72.7 Å². The Kier molecular flexibility index (Phi) is 5.61. The Morgan fingerprint density at radius 2 is 1.87 bits per heavy atom. The van der Waals surface area contributed by atoms with Crippen molar-refractivity contribution in [1.29, 1.82) is 0 Å². The molecule has 2 heterocycles. The van der Waals surface area contributed by atoms with Gasteiger partial charge in [0.25, 0.3) is 10.2 Å². The maximum Gasteiger partial charge on any atom is 0.307 e. The van der Waals surface area contributed by atoms with Crippen LogP contribution in [0.25, 0.3) is 0 Å². The van der Waals surface area contributed by atoms with Crippen molar-refractivity contribution in [1.82, 2.24) is 18.1 Å². The molecule has 1 saturated heterocycles. The van der Waals surface area contributed by atoms with E-state index < -0.39 is 10.2 Å². The molecule has 0 unspecified atom stereocenters. The fourth-order valence-corrected chi connectivity index (χ4v) is 4.29. The van der Waals surface area contributed by atoms with Crippen LogP contribution in [0.15, 0.2) is 10.2 Å². The van der Waals surface area contributed by atoms with Crippen LogP contribution in [0.3, 0.4) is 0 Å². The highest BCUT2D eigenvalue weighted by molar-refractivity contribution is 7.86. The monoisotopic (exact) mass is 362 g/mol. The molecule has 0 N–H and O–H groups in total. The van der Waals surface area contributed by atoms with Crippen molar-refractivity contribution >= 4 is 27.5 Å². The minimum Gasteiger partial charge on any atom is -0.340 e. The zero-order valence-electron chi connectivity index (χ0n) is 13.6. The van der Waals surface area contributed by atoms with E-state index >= 15 is 0 Å². The largest absolute Gasteiger partial charge is 0.340 e. The van der Waals surface area contributed by atoms with E-state index in [9.17, 15) is 18.0 Å². The predicted molar refractivity (Wildman–Crippen MR) is 88.7 cm³/mol. The first-order valence-corrected chi connectivity index (χ1v) is 9.61. The van der Waals surface area contributed by atoms with Gasteiger partial charge in [0.15, 0.2) is 0 Å². The SMILES string of the molecule is Cc1csc(=O)n1CCC(=O)N1CCN(S(=O)(=O)N(C)C)CC1. The molecule has 0 bridgehead atoms. The topological polar surface area (TPSA) is 82.9 Å². The molecule has 0 atom stereocenters. The summed E-state index contributed by atoms with van der Waals surface area (Å²) in [6.07, 6.45) is 0.248. The Labute approximate surface area is 140 Å². The first-order valence-electron chi connectivity index (χ1n) is 7.34. The molecule has 1 fully saturated rings. The first-order chi connectivity index (χ1) is 10.7. The van der Waals surface area contributed by atoms with Crippen LogP contribution in [0.4, 0.5) is 0 Å². The Balaban J connectivity index is 1.88. The number of amides is 1. The van der Waals surface area contributed by atoms with E-state index in [1.165, 1.54) is 22.7 Å². The lowest BCUT2D eigenvalue weighted by molar-refractivity contribution is -0.132. The minimum absolute atomic E-state index is 0.0515. The van der Waals surface area contributed by atoms with Crippen molar-refractivity contribution in [3.05, 3.63) is 20.7 Å². The van der Waals surface area contributed by atoms with Gasteiger partial charge >= 0.3 is 4.87 Å². The van der Waals surface area contributed by atoms with E-state index in [0.29, 0.717) is 32.7 Å². The summed E-state index contributed by atoms with van der Waals surface area (Å²) in [5.41, 5.74) is 0.856. The van der Waals surface area contributed by atoms with Crippen molar-refractivity contribution in [2.45, 2.75) is 19.9 Å². The van der Waals surface area contributed by atoms with E-state index in [2.05, 4.69) is 0 Å². The van der Waals surface area contributed by atoms with Crippen molar-refractivity contribution < 1.29 is 13.2 Å². The van der Waals surface area contributed by atoms with E-state index in [0.717, 1.165) is 17.0 Å². The molecule has 1 aliphatic heterocycles. The summed E-state index contributed by atoms with van der Waals surface area (Å²) >= 11 is 1.13. The number of carbonyl (C=O) groups is 1. The summed E-state index contributed by atoms with van der Waals surface area (Å²) in [6.45, 7) is 3.55. The number of nitrogens with zero attached hydrogens (tertiary/aromatic N) is 4. The second kappa shape index (κ2) is 7.12. The van der Waals surface area contributed by atoms with E-state index in [-0.39, 0.29) is 17.2 Å². The third kappa shape index (κ3) is 4.00. The Bertz CT molecular complexity index is 715. The van der Waals surface area contributed by atoms with Gasteiger partial charge in [-0.1, -0.05) is 11.3 Å².